The number of hydrogen-bond donors (Lipinski definition) is 2. The summed E-state index contributed by atoms with van der Waals surface area (Å²) in [6.07, 6.45) is 3.69. The zero-order valence-electron chi connectivity index (χ0n) is 10.8. The summed E-state index contributed by atoms with van der Waals surface area (Å²) in [5, 5.41) is 6.21. The molecule has 2 N–H and O–H groups in total. The summed E-state index contributed by atoms with van der Waals surface area (Å²) >= 11 is 0. The molecule has 1 unspecified atom stereocenters. The lowest BCUT2D eigenvalue weighted by Gasteiger charge is -2.32. The molecule has 1 aliphatic heterocycles. The minimum atomic E-state index is -0.302. The summed E-state index contributed by atoms with van der Waals surface area (Å²) in [5.41, 5.74) is 1.42. The minimum Gasteiger partial charge on any atom is -0.324 e. The van der Waals surface area contributed by atoms with Gasteiger partial charge in [0.15, 0.2) is 0 Å². The van der Waals surface area contributed by atoms with Crippen LogP contribution in [0.1, 0.15) is 25.5 Å². The van der Waals surface area contributed by atoms with E-state index < -0.39 is 0 Å². The molecular weight excluding hydrogens is 250 g/mol. The van der Waals surface area contributed by atoms with Gasteiger partial charge < -0.3 is 10.6 Å². The number of nitrogens with one attached hydrogen (secondary N) is 2. The van der Waals surface area contributed by atoms with Crippen LogP contribution in [-0.2, 0) is 4.79 Å². The van der Waals surface area contributed by atoms with Crippen LogP contribution < -0.4 is 10.6 Å². The van der Waals surface area contributed by atoms with E-state index >= 15 is 0 Å². The van der Waals surface area contributed by atoms with Gasteiger partial charge in [0.1, 0.15) is 0 Å². The van der Waals surface area contributed by atoms with Crippen LogP contribution in [0.5, 0.6) is 0 Å². The molecule has 1 aromatic heterocycles. The van der Waals surface area contributed by atoms with E-state index in [4.69, 9.17) is 0 Å². The average molecular weight is 270 g/mol. The number of pyridine rings is 1. The van der Waals surface area contributed by atoms with Crippen molar-refractivity contribution < 1.29 is 4.79 Å². The lowest BCUT2D eigenvalue weighted by atomic mass is 9.82. The monoisotopic (exact) mass is 269 g/mol. The van der Waals surface area contributed by atoms with Crippen molar-refractivity contribution in [1.29, 1.82) is 0 Å². The Morgan fingerprint density at radius 1 is 1.50 bits per heavy atom. The first-order chi connectivity index (χ1) is 8.10. The summed E-state index contributed by atoms with van der Waals surface area (Å²) in [6.45, 7) is 5.70. The van der Waals surface area contributed by atoms with Crippen LogP contribution in [0.15, 0.2) is 18.3 Å². The predicted octanol–water partition coefficient (Wildman–Crippen LogP) is 2.14. The molecule has 18 heavy (non-hydrogen) atoms. The summed E-state index contributed by atoms with van der Waals surface area (Å²) in [4.78, 5) is 16.4. The molecule has 100 valence electrons. The molecule has 1 saturated heterocycles. The fourth-order valence-corrected chi connectivity index (χ4v) is 2.07. The lowest BCUT2D eigenvalue weighted by Crippen LogP contribution is -2.46. The normalized spacial score (nSPS) is 23.0. The van der Waals surface area contributed by atoms with Crippen molar-refractivity contribution in [3.8, 4) is 0 Å². The second kappa shape index (κ2) is 6.16. The van der Waals surface area contributed by atoms with Crippen molar-refractivity contribution in [2.24, 2.45) is 5.41 Å². The zero-order chi connectivity index (χ0) is 12.3. The van der Waals surface area contributed by atoms with Crippen molar-refractivity contribution in [2.75, 3.05) is 18.4 Å². The van der Waals surface area contributed by atoms with Gasteiger partial charge in [-0.3, -0.25) is 9.78 Å². The largest absolute Gasteiger partial charge is 0.324 e. The number of aryl methyl sites for hydroxylation is 1. The molecule has 1 atom stereocenters. The summed E-state index contributed by atoms with van der Waals surface area (Å²) in [5.74, 6) is 0.0790. The average Bonchev–Trinajstić information content (AvgIpc) is 2.33. The number of hydrogen-bond acceptors (Lipinski definition) is 3. The molecule has 1 aromatic rings. The van der Waals surface area contributed by atoms with Crippen molar-refractivity contribution in [3.05, 3.63) is 24.0 Å². The van der Waals surface area contributed by atoms with Gasteiger partial charge in [-0.15, -0.1) is 12.4 Å². The number of piperidine rings is 1. The molecule has 2 heterocycles. The highest BCUT2D eigenvalue weighted by atomic mass is 35.5. The maximum Gasteiger partial charge on any atom is 0.231 e. The molecule has 0 saturated carbocycles. The van der Waals surface area contributed by atoms with Gasteiger partial charge >= 0.3 is 0 Å². The molecule has 2 rings (SSSR count). The van der Waals surface area contributed by atoms with Crippen LogP contribution in [0.4, 0.5) is 5.69 Å². The Kier molecular flexibility index (Phi) is 5.11. The SMILES string of the molecule is Cc1ccc(NC(=O)C2(C)CCCNC2)cn1.Cl. The molecule has 4 nitrogen and oxygen atoms in total. The summed E-state index contributed by atoms with van der Waals surface area (Å²) < 4.78 is 0. The number of aromatic nitrogens is 1. The number of rotatable bonds is 2. The molecule has 0 bridgehead atoms. The third-order valence-electron chi connectivity index (χ3n) is 3.31. The topological polar surface area (TPSA) is 54.0 Å². The van der Waals surface area contributed by atoms with Gasteiger partial charge in [0.25, 0.3) is 0 Å². The maximum absolute atomic E-state index is 12.2. The predicted molar refractivity (Wildman–Crippen MR) is 75.1 cm³/mol. The Labute approximate surface area is 114 Å². The minimum absolute atomic E-state index is 0. The first-order valence-corrected chi connectivity index (χ1v) is 6.05. The van der Waals surface area contributed by atoms with Crippen LogP contribution in [0.3, 0.4) is 0 Å². The molecule has 1 amide bonds. The van der Waals surface area contributed by atoms with E-state index in [0.717, 1.165) is 37.3 Å². The fraction of sp³-hybridized carbons (Fsp3) is 0.538. The third-order valence-corrected chi connectivity index (χ3v) is 3.31. The van der Waals surface area contributed by atoms with Gasteiger partial charge in [-0.05, 0) is 45.4 Å². The van der Waals surface area contributed by atoms with Crippen LogP contribution in [0.25, 0.3) is 0 Å². The number of carbonyl (C=O) groups is 1. The quantitative estimate of drug-likeness (QED) is 0.865. The number of nitrogens with zero attached hydrogens (tertiary/aromatic N) is 1. The van der Waals surface area contributed by atoms with Crippen LogP contribution in [0.2, 0.25) is 0 Å². The highest BCUT2D eigenvalue weighted by Gasteiger charge is 2.34. The molecule has 0 spiro atoms. The third kappa shape index (κ3) is 3.43. The molecule has 5 heteroatoms. The van der Waals surface area contributed by atoms with Gasteiger partial charge in [0, 0.05) is 12.2 Å². The molecule has 0 aromatic carbocycles. The van der Waals surface area contributed by atoms with Gasteiger partial charge in [0.05, 0.1) is 17.3 Å². The Morgan fingerprint density at radius 2 is 2.28 bits per heavy atom. The number of carbonyl (C=O) groups excluding carboxylic acids is 1. The smallest absolute Gasteiger partial charge is 0.231 e. The van der Waals surface area contributed by atoms with Crippen molar-refractivity contribution >= 4 is 24.0 Å². The lowest BCUT2D eigenvalue weighted by molar-refractivity contribution is -0.125. The molecule has 0 aliphatic carbocycles. The van der Waals surface area contributed by atoms with E-state index in [1.165, 1.54) is 0 Å². The van der Waals surface area contributed by atoms with Crippen molar-refractivity contribution in [2.45, 2.75) is 26.7 Å². The van der Waals surface area contributed by atoms with Gasteiger partial charge in [-0.1, -0.05) is 0 Å². The van der Waals surface area contributed by atoms with Crippen LogP contribution in [0, 0.1) is 12.3 Å². The number of halogens is 1. The second-order valence-electron chi connectivity index (χ2n) is 4.98. The Balaban J connectivity index is 0.00000162. The number of anilines is 1. The molecule has 1 fully saturated rings. The highest BCUT2D eigenvalue weighted by Crippen LogP contribution is 2.27. The first kappa shape index (κ1) is 14.9. The molecular formula is C13H20ClN3O. The van der Waals surface area contributed by atoms with Crippen LogP contribution >= 0.6 is 12.4 Å². The molecule has 0 radical (unpaired) electrons. The Hall–Kier alpha value is -1.13. The van der Waals surface area contributed by atoms with Gasteiger partial charge in [0.2, 0.25) is 5.91 Å². The first-order valence-electron chi connectivity index (χ1n) is 6.05. The van der Waals surface area contributed by atoms with E-state index in [0.29, 0.717) is 0 Å². The van der Waals surface area contributed by atoms with E-state index in [1.54, 1.807) is 6.20 Å². The second-order valence-corrected chi connectivity index (χ2v) is 4.98. The molecule has 1 aliphatic rings. The Morgan fingerprint density at radius 3 is 2.83 bits per heavy atom. The van der Waals surface area contributed by atoms with E-state index in [9.17, 15) is 4.79 Å². The fourth-order valence-electron chi connectivity index (χ4n) is 2.07. The van der Waals surface area contributed by atoms with Crippen molar-refractivity contribution in [3.63, 3.8) is 0 Å². The van der Waals surface area contributed by atoms with Crippen LogP contribution in [-0.4, -0.2) is 24.0 Å². The number of amides is 1. The summed E-state index contributed by atoms with van der Waals surface area (Å²) in [6, 6.07) is 3.79. The standard InChI is InChI=1S/C13H19N3O.ClH/c1-10-4-5-11(8-15-10)16-12(17)13(2)6-3-7-14-9-13;/h4-5,8,14H,3,6-7,9H2,1-2H3,(H,16,17);1H. The summed E-state index contributed by atoms with van der Waals surface area (Å²) in [7, 11) is 0. The van der Waals surface area contributed by atoms with E-state index in [2.05, 4.69) is 15.6 Å². The van der Waals surface area contributed by atoms with E-state index in [-0.39, 0.29) is 23.7 Å². The maximum atomic E-state index is 12.2. The van der Waals surface area contributed by atoms with Gasteiger partial charge in [-0.25, -0.2) is 0 Å². The Bertz CT molecular complexity index is 399. The zero-order valence-corrected chi connectivity index (χ0v) is 11.6. The van der Waals surface area contributed by atoms with Gasteiger partial charge in [-0.2, -0.15) is 0 Å². The van der Waals surface area contributed by atoms with E-state index in [1.807, 2.05) is 26.0 Å². The van der Waals surface area contributed by atoms with Crippen molar-refractivity contribution in [1.82, 2.24) is 10.3 Å². The highest BCUT2D eigenvalue weighted by molar-refractivity contribution is 5.95.